The number of fused-ring (bicyclic) bond motifs is 1. The third kappa shape index (κ3) is 1.10. The van der Waals surface area contributed by atoms with Crippen molar-refractivity contribution in [3.63, 3.8) is 0 Å². The lowest BCUT2D eigenvalue weighted by molar-refractivity contribution is 0.976. The molecule has 0 amide bonds. The van der Waals surface area contributed by atoms with Crippen LogP contribution < -0.4 is 5.73 Å². The molecule has 0 saturated carbocycles. The maximum absolute atomic E-state index is 5.50. The van der Waals surface area contributed by atoms with E-state index in [4.69, 9.17) is 56.2 Å². The number of H-pyrrole nitrogens is 1. The highest BCUT2D eigenvalue weighted by molar-refractivity contribution is 5.82. The average molecular weight is 232 g/mol. The number of hydrogen-bond acceptors (Lipinski definition) is 1. The highest BCUT2D eigenvalue weighted by atomic mass is 14.7. The third-order valence-electron chi connectivity index (χ3n) is 2.09. The van der Waals surface area contributed by atoms with E-state index in [1.54, 1.807) is 0 Å². The summed E-state index contributed by atoms with van der Waals surface area (Å²) in [4.78, 5) is 3.22. The van der Waals surface area contributed by atoms with Crippen LogP contribution in [-0.4, -0.2) is 11.5 Å². The molecular formula is C10H48N2. The summed E-state index contributed by atoms with van der Waals surface area (Å²) in [5.74, 6) is 0. The molecule has 2 rings (SSSR count). The summed E-state index contributed by atoms with van der Waals surface area (Å²) in [6, 6.07) is 8.29. The molecule has 1 heterocycles. The van der Waals surface area contributed by atoms with Gasteiger partial charge in [-0.3, -0.25) is 0 Å². The van der Waals surface area contributed by atoms with Crippen molar-refractivity contribution < 1.29 is 51.9 Å². The minimum Gasteiger partial charge on any atom is -0.361 e. The fraction of sp³-hybridized carbons (Fsp3) is 0.200. The monoisotopic (exact) mass is 232 g/mol. The number of nitrogens with two attached hydrogens (primary N) is 1. The minimum atomic E-state index is 0. The van der Waals surface area contributed by atoms with Crippen LogP contribution in [-0.2, 0) is 6.42 Å². The van der Waals surface area contributed by atoms with E-state index in [1.165, 1.54) is 16.5 Å². The van der Waals surface area contributed by atoms with Crippen LogP contribution >= 0.6 is 0 Å². The van der Waals surface area contributed by atoms with Crippen molar-refractivity contribution in [2.24, 2.45) is 5.73 Å². The Kier molecular flexibility index (Phi) is 0.306. The summed E-state index contributed by atoms with van der Waals surface area (Å²) < 4.78 is 170. The van der Waals surface area contributed by atoms with Gasteiger partial charge in [0.1, 0.15) is 0 Å². The lowest BCUT2D eigenvalue weighted by atomic mass is 10.1. The number of nitrogens with one attached hydrogen (secondary N) is 1. The largest absolute Gasteiger partial charge is 0.361 e. The lowest BCUT2D eigenvalue weighted by Crippen LogP contribution is -2.01. The number of rotatable bonds is 2. The second kappa shape index (κ2) is 2.99. The quantitative estimate of drug-likeness (QED) is 0.645. The molecule has 1 aromatic heterocycles. The van der Waals surface area contributed by atoms with Crippen LogP contribution in [0.1, 0.15) is 57.5 Å². The summed E-state index contributed by atoms with van der Waals surface area (Å²) in [6.07, 6.45) is 2.99. The maximum atomic E-state index is 5.50. The molecule has 0 spiro atoms. The van der Waals surface area contributed by atoms with Gasteiger partial charge in [0.05, 0.1) is 0 Å². The molecule has 2 nitrogen and oxygen atoms in total. The fourth-order valence-corrected chi connectivity index (χ4v) is 1.49. The normalized spacial score (nSPS) is 22.1. The number of para-hydroxylation sites is 1. The first-order valence-electron chi connectivity index (χ1n) is 21.2. The van der Waals surface area contributed by atoms with Gasteiger partial charge in [0.25, 0.3) is 0 Å². The molecule has 0 fully saturated rings. The van der Waals surface area contributed by atoms with E-state index in [9.17, 15) is 0 Å². The predicted molar refractivity (Wildman–Crippen MR) is 89.1 cm³/mol. The summed E-state index contributed by atoms with van der Waals surface area (Å²) in [5, 5.41) is 1.29. The Morgan fingerprint density at radius 1 is 1.42 bits per heavy atom. The fourth-order valence-electron chi connectivity index (χ4n) is 1.49. The van der Waals surface area contributed by atoms with Gasteiger partial charge in [0.15, 0.2) is 0 Å². The zero-order valence-electron chi connectivity index (χ0n) is 40.9. The second-order valence-corrected chi connectivity index (χ2v) is 2.90. The Bertz CT molecular complexity index is 414. The van der Waals surface area contributed by atoms with E-state index in [0.717, 1.165) is 6.42 Å². The van der Waals surface area contributed by atoms with Gasteiger partial charge in [-0.2, -0.15) is 0 Å². The van der Waals surface area contributed by atoms with Crippen LogP contribution in [0.4, 0.5) is 0 Å². The molecule has 0 aliphatic rings. The van der Waals surface area contributed by atoms with Crippen molar-refractivity contribution >= 4 is 10.9 Å². The van der Waals surface area contributed by atoms with Gasteiger partial charge in [-0.1, -0.05) is 18.2 Å². The minimum absolute atomic E-state index is 0. The molecule has 12 heavy (non-hydrogen) atoms. The summed E-state index contributed by atoms with van der Waals surface area (Å²) in [6.45, 7) is 0.710. The number of aromatic amines is 1. The summed E-state index contributed by atoms with van der Waals surface area (Å²) in [5.41, 5.74) is 8.01. The molecule has 0 aliphatic carbocycles. The molecule has 98 valence electrons. The predicted octanol–water partition coefficient (Wildman–Crippen LogP) is 6.10. The topological polar surface area (TPSA) is 41.8 Å². The van der Waals surface area contributed by atoms with Crippen LogP contribution in [0.25, 0.3) is 10.9 Å². The first-order valence-corrected chi connectivity index (χ1v) is 4.17. The first-order chi connectivity index (χ1) is 22.9. The Morgan fingerprint density at radius 3 is 3.08 bits per heavy atom. The van der Waals surface area contributed by atoms with E-state index < -0.39 is 0 Å². The van der Waals surface area contributed by atoms with Gasteiger partial charge in [0.2, 0.25) is 0 Å². The molecule has 3 N–H and O–H groups in total. The molecule has 0 bridgehead atoms. The Labute approximate surface area is 125 Å². The van der Waals surface area contributed by atoms with Crippen LogP contribution in [0.15, 0.2) is 30.5 Å². The molecule has 2 aromatic rings. The van der Waals surface area contributed by atoms with Crippen LogP contribution in [0, 0.1) is 0 Å². The molecule has 2 heteroatoms. The van der Waals surface area contributed by atoms with Crippen LogP contribution in [0.5, 0.6) is 0 Å². The van der Waals surface area contributed by atoms with Crippen molar-refractivity contribution in [1.29, 1.82) is 0 Å². The lowest BCUT2D eigenvalue weighted by Gasteiger charge is -1.93. The van der Waals surface area contributed by atoms with Crippen molar-refractivity contribution in [1.82, 2.24) is 4.98 Å². The third-order valence-corrected chi connectivity index (χ3v) is 2.09. The van der Waals surface area contributed by atoms with Crippen LogP contribution in [0.2, 0.25) is 0 Å². The maximum Gasteiger partial charge on any atom is 0.0456 e. The van der Waals surface area contributed by atoms with Crippen molar-refractivity contribution in [2.75, 3.05) is 6.54 Å². The Hall–Kier alpha value is -1.28. The van der Waals surface area contributed by atoms with E-state index >= 15 is 0 Å². The smallest absolute Gasteiger partial charge is 0.0456 e. The number of hydrogen-bond donors (Lipinski definition) is 2. The van der Waals surface area contributed by atoms with Gasteiger partial charge in [0, 0.05) is 69.0 Å². The van der Waals surface area contributed by atoms with Gasteiger partial charge in [-0.25, -0.2) is 0 Å². The molecule has 0 unspecified atom stereocenters. The SMILES string of the molecule is NCCc1c[nH]c2ccccc12.[2HH].[2H][2H].[2H][2H].[2H][2H].[2H][2H].[2H][2H].[2H][2H].[2H][2H].[2H][2H].[2H][2H].[2H][2H].[2H][2H].[2H][2H].[2H][2H].[2H][2H].[2H][2H].[2H][2H].[2H][2H]. The average Bonchev–Trinajstić information content (AvgIpc) is 3.67. The molecule has 0 radical (unpaired) electrons. The summed E-state index contributed by atoms with van der Waals surface area (Å²) >= 11 is 0. The number of benzene rings is 1. The van der Waals surface area contributed by atoms with Gasteiger partial charge >= 0.3 is 0 Å². The molecular weight excluding hydrogens is 148 g/mol. The zero-order valence-corrected chi connectivity index (χ0v) is 6.88. The molecule has 0 atom stereocenters. The van der Waals surface area contributed by atoms with Gasteiger partial charge in [-0.05, 0) is 24.6 Å². The highest BCUT2D eigenvalue weighted by Gasteiger charge is 1.99. The second-order valence-electron chi connectivity index (χ2n) is 2.90. The van der Waals surface area contributed by atoms with Crippen molar-refractivity contribution in [3.05, 3.63) is 36.0 Å². The summed E-state index contributed by atoms with van der Waals surface area (Å²) in [7, 11) is 0. The Balaban J connectivity index is -0.0000000150. The van der Waals surface area contributed by atoms with Crippen molar-refractivity contribution in [2.45, 2.75) is 6.42 Å². The van der Waals surface area contributed by atoms with Gasteiger partial charge < -0.3 is 10.7 Å². The van der Waals surface area contributed by atoms with E-state index in [2.05, 4.69) is 23.2 Å². The highest BCUT2D eigenvalue weighted by Crippen LogP contribution is 2.17. The van der Waals surface area contributed by atoms with E-state index in [0.29, 0.717) is 6.54 Å². The zero-order chi connectivity index (χ0) is 42.4. The van der Waals surface area contributed by atoms with E-state index in [1.807, 2.05) is 12.3 Å². The van der Waals surface area contributed by atoms with Gasteiger partial charge in [-0.15, -0.1) is 0 Å². The van der Waals surface area contributed by atoms with Crippen molar-refractivity contribution in [3.8, 4) is 0 Å². The molecule has 1 aromatic carbocycles. The standard InChI is InChI=1S/C10H12N2.18H2/c11-6-5-8-7-12-10-4-2-1-3-9(8)10;;;;;;;;;;;;;;;;;;/h1-4,7,12H,5-6,11H2;18*1H/i;17*1+1D;1+1. The number of aromatic nitrogens is 1. The Morgan fingerprint density at radius 2 is 2.25 bits per heavy atom. The molecule has 0 saturated heterocycles. The molecule has 0 aliphatic heterocycles. The van der Waals surface area contributed by atoms with Crippen LogP contribution in [0.3, 0.4) is 0 Å². The first kappa shape index (κ1) is 1.23. The van der Waals surface area contributed by atoms with E-state index in [-0.39, 0.29) is 1.43 Å².